The van der Waals surface area contributed by atoms with Crippen LogP contribution in [0.2, 0.25) is 0 Å². The van der Waals surface area contributed by atoms with Crippen molar-refractivity contribution >= 4 is 0 Å². The molecule has 2 rings (SSSR count). The van der Waals surface area contributed by atoms with Gasteiger partial charge in [-0.3, -0.25) is 0 Å². The fourth-order valence-corrected chi connectivity index (χ4v) is 3.21. The van der Waals surface area contributed by atoms with E-state index in [1.807, 2.05) is 13.8 Å². The summed E-state index contributed by atoms with van der Waals surface area (Å²) in [5.74, 6) is 0. The van der Waals surface area contributed by atoms with Crippen molar-refractivity contribution in [3.8, 4) is 11.1 Å². The molecule has 0 amide bonds. The van der Waals surface area contributed by atoms with E-state index in [-0.39, 0.29) is 0 Å². The van der Waals surface area contributed by atoms with Crippen LogP contribution in [0.4, 0.5) is 0 Å². The number of rotatable bonds is 2. The Morgan fingerprint density at radius 1 is 0.591 bits per heavy atom. The fraction of sp³-hybridized carbons (Fsp3) is 0.455. The van der Waals surface area contributed by atoms with E-state index in [4.69, 9.17) is 0 Å². The minimum atomic E-state index is 1.12. The second kappa shape index (κ2) is 7.63. The zero-order valence-corrected chi connectivity index (χ0v) is 15.9. The standard InChI is InChI=1S/C20H26.C2H6/c1-8-18-15(5)11-20(17(7)16(18)6)19-10-13(3)12(2)9-14(19)4;1-2/h9-11H,8H2,1-7H3;1-2H3. The molecule has 0 fully saturated rings. The first-order valence-electron chi connectivity index (χ1n) is 8.54. The molecule has 0 N–H and O–H groups in total. The first-order chi connectivity index (χ1) is 10.4. The van der Waals surface area contributed by atoms with Gasteiger partial charge in [-0.15, -0.1) is 0 Å². The summed E-state index contributed by atoms with van der Waals surface area (Å²) in [6.07, 6.45) is 1.12. The molecule has 120 valence electrons. The highest BCUT2D eigenvalue weighted by Gasteiger charge is 2.12. The van der Waals surface area contributed by atoms with Gasteiger partial charge in [0.15, 0.2) is 0 Å². The highest BCUT2D eigenvalue weighted by Crippen LogP contribution is 2.33. The third kappa shape index (κ3) is 3.43. The molecule has 2 aromatic carbocycles. The third-order valence-electron chi connectivity index (χ3n) is 4.74. The molecule has 0 nitrogen and oxygen atoms in total. The lowest BCUT2D eigenvalue weighted by atomic mass is 9.87. The maximum Gasteiger partial charge on any atom is -0.0146 e. The lowest BCUT2D eigenvalue weighted by Gasteiger charge is -2.18. The Labute approximate surface area is 137 Å². The van der Waals surface area contributed by atoms with Crippen molar-refractivity contribution in [2.24, 2.45) is 0 Å². The zero-order chi connectivity index (χ0) is 17.0. The van der Waals surface area contributed by atoms with E-state index >= 15 is 0 Å². The van der Waals surface area contributed by atoms with Crippen LogP contribution in [-0.4, -0.2) is 0 Å². The molecule has 0 aliphatic rings. The van der Waals surface area contributed by atoms with Crippen LogP contribution in [0.15, 0.2) is 18.2 Å². The highest BCUT2D eigenvalue weighted by atomic mass is 14.2. The summed E-state index contributed by atoms with van der Waals surface area (Å²) in [6, 6.07) is 7.03. The Morgan fingerprint density at radius 2 is 1.09 bits per heavy atom. The zero-order valence-electron chi connectivity index (χ0n) is 15.9. The van der Waals surface area contributed by atoms with Gasteiger partial charge in [0.05, 0.1) is 0 Å². The number of aryl methyl sites for hydroxylation is 4. The van der Waals surface area contributed by atoms with Gasteiger partial charge in [0.1, 0.15) is 0 Å². The lowest BCUT2D eigenvalue weighted by molar-refractivity contribution is 1.07. The van der Waals surface area contributed by atoms with E-state index in [0.717, 1.165) is 6.42 Å². The van der Waals surface area contributed by atoms with Crippen molar-refractivity contribution in [2.45, 2.75) is 68.7 Å². The van der Waals surface area contributed by atoms with Crippen molar-refractivity contribution in [3.05, 3.63) is 57.1 Å². The van der Waals surface area contributed by atoms with Crippen molar-refractivity contribution in [2.75, 3.05) is 0 Å². The summed E-state index contributed by atoms with van der Waals surface area (Å²) in [6.45, 7) is 19.6. The smallest absolute Gasteiger partial charge is 0.0146 e. The quantitative estimate of drug-likeness (QED) is 0.572. The Morgan fingerprint density at radius 3 is 1.64 bits per heavy atom. The molecule has 0 aliphatic carbocycles. The van der Waals surface area contributed by atoms with Crippen LogP contribution < -0.4 is 0 Å². The van der Waals surface area contributed by atoms with Crippen molar-refractivity contribution in [3.63, 3.8) is 0 Å². The predicted molar refractivity (Wildman–Crippen MR) is 101 cm³/mol. The van der Waals surface area contributed by atoms with Gasteiger partial charge in [0, 0.05) is 0 Å². The summed E-state index contributed by atoms with van der Waals surface area (Å²) in [7, 11) is 0. The average Bonchev–Trinajstić information content (AvgIpc) is 2.49. The first kappa shape index (κ1) is 18.5. The molecule has 0 saturated heterocycles. The third-order valence-corrected chi connectivity index (χ3v) is 4.74. The van der Waals surface area contributed by atoms with Crippen LogP contribution in [-0.2, 0) is 6.42 Å². The van der Waals surface area contributed by atoms with Gasteiger partial charge in [0.2, 0.25) is 0 Å². The molecule has 0 heteroatoms. The summed E-state index contributed by atoms with van der Waals surface area (Å²) in [4.78, 5) is 0. The van der Waals surface area contributed by atoms with Gasteiger partial charge in [-0.25, -0.2) is 0 Å². The van der Waals surface area contributed by atoms with Crippen LogP contribution in [0.1, 0.15) is 59.7 Å². The van der Waals surface area contributed by atoms with E-state index in [1.165, 1.54) is 50.1 Å². The summed E-state index contributed by atoms with van der Waals surface area (Å²) >= 11 is 0. The first-order valence-corrected chi connectivity index (χ1v) is 8.54. The van der Waals surface area contributed by atoms with Crippen LogP contribution in [0.3, 0.4) is 0 Å². The van der Waals surface area contributed by atoms with Gasteiger partial charge in [-0.05, 0) is 98.0 Å². The van der Waals surface area contributed by atoms with Gasteiger partial charge in [-0.1, -0.05) is 39.0 Å². The molecule has 2 aromatic rings. The molecule has 22 heavy (non-hydrogen) atoms. The number of hydrogen-bond acceptors (Lipinski definition) is 0. The fourth-order valence-electron chi connectivity index (χ4n) is 3.21. The summed E-state index contributed by atoms with van der Waals surface area (Å²) in [5, 5.41) is 0. The van der Waals surface area contributed by atoms with E-state index < -0.39 is 0 Å². The molecule has 0 unspecified atom stereocenters. The monoisotopic (exact) mass is 296 g/mol. The summed E-state index contributed by atoms with van der Waals surface area (Å²) < 4.78 is 0. The molecule has 0 aromatic heterocycles. The second-order valence-electron chi connectivity index (χ2n) is 6.07. The van der Waals surface area contributed by atoms with Crippen LogP contribution in [0.5, 0.6) is 0 Å². The van der Waals surface area contributed by atoms with Crippen LogP contribution in [0.25, 0.3) is 11.1 Å². The van der Waals surface area contributed by atoms with E-state index in [1.54, 1.807) is 0 Å². The van der Waals surface area contributed by atoms with Crippen LogP contribution in [0, 0.1) is 41.5 Å². The molecular weight excluding hydrogens is 264 g/mol. The molecule has 0 aliphatic heterocycles. The van der Waals surface area contributed by atoms with Crippen LogP contribution >= 0.6 is 0 Å². The van der Waals surface area contributed by atoms with Crippen molar-refractivity contribution in [1.29, 1.82) is 0 Å². The second-order valence-corrected chi connectivity index (χ2v) is 6.07. The molecule has 0 radical (unpaired) electrons. The Hall–Kier alpha value is -1.56. The molecular formula is C22H32. The minimum absolute atomic E-state index is 1.12. The van der Waals surface area contributed by atoms with Gasteiger partial charge in [0.25, 0.3) is 0 Å². The topological polar surface area (TPSA) is 0 Å². The number of hydrogen-bond donors (Lipinski definition) is 0. The summed E-state index contributed by atoms with van der Waals surface area (Å²) in [5.41, 5.74) is 12.7. The van der Waals surface area contributed by atoms with Crippen molar-refractivity contribution < 1.29 is 0 Å². The van der Waals surface area contributed by atoms with E-state index in [2.05, 4.69) is 66.7 Å². The van der Waals surface area contributed by atoms with E-state index in [9.17, 15) is 0 Å². The average molecular weight is 296 g/mol. The van der Waals surface area contributed by atoms with Crippen molar-refractivity contribution in [1.82, 2.24) is 0 Å². The normalized spacial score (nSPS) is 10.2. The molecule has 0 heterocycles. The SMILES string of the molecule is CC.CCc1c(C)cc(-c2cc(C)c(C)cc2C)c(C)c1C. The molecule has 0 bridgehead atoms. The largest absolute Gasteiger partial charge is 0.0683 e. The maximum atomic E-state index is 2.37. The molecule has 0 spiro atoms. The lowest BCUT2D eigenvalue weighted by Crippen LogP contribution is -1.99. The van der Waals surface area contributed by atoms with Gasteiger partial charge in [-0.2, -0.15) is 0 Å². The minimum Gasteiger partial charge on any atom is -0.0683 e. The van der Waals surface area contributed by atoms with E-state index in [0.29, 0.717) is 0 Å². The Bertz CT molecular complexity index is 660. The Kier molecular flexibility index (Phi) is 6.41. The number of benzene rings is 2. The Balaban J connectivity index is 0.00000116. The maximum absolute atomic E-state index is 2.37. The molecule has 0 saturated carbocycles. The van der Waals surface area contributed by atoms with Gasteiger partial charge < -0.3 is 0 Å². The predicted octanol–water partition coefficient (Wildman–Crippen LogP) is 6.79. The highest BCUT2D eigenvalue weighted by molar-refractivity contribution is 5.74. The molecule has 0 atom stereocenters. The van der Waals surface area contributed by atoms with Gasteiger partial charge >= 0.3 is 0 Å².